The Labute approximate surface area is 152 Å². The predicted molar refractivity (Wildman–Crippen MR) is 93.9 cm³/mol. The number of fused-ring (bicyclic) bond motifs is 2. The van der Waals surface area contributed by atoms with E-state index in [4.69, 9.17) is 18.6 Å². The molecule has 0 amide bonds. The molecule has 0 spiro atoms. The van der Waals surface area contributed by atoms with Crippen LogP contribution in [-0.2, 0) is 14.4 Å². The van der Waals surface area contributed by atoms with Crippen molar-refractivity contribution in [1.82, 2.24) is 0 Å². The van der Waals surface area contributed by atoms with Gasteiger partial charge < -0.3 is 18.6 Å². The van der Waals surface area contributed by atoms with Gasteiger partial charge in [-0.05, 0) is 12.1 Å². The molecule has 0 saturated heterocycles. The molecule has 8 nitrogen and oxygen atoms in total. The number of rotatable bonds is 3. The largest absolute Gasteiger partial charge is 0.455 e. The lowest BCUT2D eigenvalue weighted by Gasteiger charge is -2.11. The molecular weight excluding hydrogens is 356 g/mol. The highest BCUT2D eigenvalue weighted by Crippen LogP contribution is 2.34. The second kappa shape index (κ2) is 6.91. The highest BCUT2D eigenvalue weighted by Gasteiger charge is 2.19. The first kappa shape index (κ1) is 18.1. The average Bonchev–Trinajstić information content (AvgIpc) is 2.52. The number of ether oxygens (including phenoxy) is 3. The average molecular weight is 370 g/mol. The summed E-state index contributed by atoms with van der Waals surface area (Å²) in [6, 6.07) is 7.10. The molecule has 1 heterocycles. The molecule has 0 aliphatic rings. The molecule has 2 aromatic carbocycles. The van der Waals surface area contributed by atoms with Crippen LogP contribution in [0, 0.1) is 0 Å². The third-order valence-corrected chi connectivity index (χ3v) is 3.47. The van der Waals surface area contributed by atoms with Crippen LogP contribution in [0.1, 0.15) is 20.8 Å². The van der Waals surface area contributed by atoms with Gasteiger partial charge in [0.05, 0.1) is 0 Å². The number of benzene rings is 2. The zero-order valence-electron chi connectivity index (χ0n) is 14.7. The van der Waals surface area contributed by atoms with E-state index in [9.17, 15) is 19.2 Å². The van der Waals surface area contributed by atoms with Crippen LogP contribution in [-0.4, -0.2) is 17.9 Å². The molecule has 0 aliphatic heterocycles. The normalized spacial score (nSPS) is 10.6. The maximum Gasteiger partial charge on any atom is 0.308 e. The van der Waals surface area contributed by atoms with Crippen molar-refractivity contribution in [3.05, 3.63) is 40.6 Å². The summed E-state index contributed by atoms with van der Waals surface area (Å²) in [7, 11) is 0. The predicted octanol–water partition coefficient (Wildman–Crippen LogP) is 2.72. The highest BCUT2D eigenvalue weighted by atomic mass is 16.5. The summed E-state index contributed by atoms with van der Waals surface area (Å²) in [6.07, 6.45) is 0. The van der Waals surface area contributed by atoms with Gasteiger partial charge in [-0.1, -0.05) is 6.07 Å². The summed E-state index contributed by atoms with van der Waals surface area (Å²) in [5.41, 5.74) is -0.365. The molecule has 0 fully saturated rings. The molecule has 0 unspecified atom stereocenters. The van der Waals surface area contributed by atoms with E-state index in [1.807, 2.05) is 0 Å². The second-order valence-electron chi connectivity index (χ2n) is 5.64. The van der Waals surface area contributed by atoms with E-state index in [1.54, 1.807) is 6.07 Å². The fourth-order valence-electron chi connectivity index (χ4n) is 2.63. The highest BCUT2D eigenvalue weighted by molar-refractivity contribution is 5.98. The van der Waals surface area contributed by atoms with Crippen LogP contribution in [0.25, 0.3) is 21.9 Å². The molecule has 0 bridgehead atoms. The van der Waals surface area contributed by atoms with Gasteiger partial charge in [-0.25, -0.2) is 0 Å². The Morgan fingerprint density at radius 2 is 1.37 bits per heavy atom. The van der Waals surface area contributed by atoms with Crippen LogP contribution in [0.5, 0.6) is 17.2 Å². The quantitative estimate of drug-likeness (QED) is 0.393. The molecule has 0 atom stereocenters. The minimum Gasteiger partial charge on any atom is -0.455 e. The molecule has 3 rings (SSSR count). The fourth-order valence-corrected chi connectivity index (χ4v) is 2.63. The van der Waals surface area contributed by atoms with Crippen molar-refractivity contribution in [1.29, 1.82) is 0 Å². The van der Waals surface area contributed by atoms with Crippen molar-refractivity contribution in [2.45, 2.75) is 20.8 Å². The lowest BCUT2D eigenvalue weighted by atomic mass is 10.1. The van der Waals surface area contributed by atoms with Crippen molar-refractivity contribution in [2.24, 2.45) is 0 Å². The van der Waals surface area contributed by atoms with Crippen LogP contribution < -0.4 is 19.6 Å². The first-order chi connectivity index (χ1) is 12.8. The first-order valence-electron chi connectivity index (χ1n) is 7.85. The summed E-state index contributed by atoms with van der Waals surface area (Å²) in [6.45, 7) is 3.58. The number of carbonyl (C=O) groups is 3. The number of esters is 3. The smallest absolute Gasteiger partial charge is 0.308 e. The standard InChI is InChI=1S/C19H14O8/c1-9(20)24-12-7-15(26-11(3)22)18-16(8-12)27-14-6-4-5-13(25-10(2)21)17(14)19(18)23/h4-8H,1-3H3. The van der Waals surface area contributed by atoms with Crippen molar-refractivity contribution in [3.63, 3.8) is 0 Å². The topological polar surface area (TPSA) is 109 Å². The fraction of sp³-hybridized carbons (Fsp3) is 0.158. The van der Waals surface area contributed by atoms with E-state index >= 15 is 0 Å². The van der Waals surface area contributed by atoms with E-state index in [-0.39, 0.29) is 39.2 Å². The molecule has 138 valence electrons. The zero-order valence-corrected chi connectivity index (χ0v) is 14.7. The van der Waals surface area contributed by atoms with Crippen molar-refractivity contribution in [3.8, 4) is 17.2 Å². The van der Waals surface area contributed by atoms with Gasteiger partial charge in [-0.15, -0.1) is 0 Å². The molecule has 3 aromatic rings. The van der Waals surface area contributed by atoms with Gasteiger partial charge >= 0.3 is 17.9 Å². The maximum atomic E-state index is 13.1. The molecule has 27 heavy (non-hydrogen) atoms. The van der Waals surface area contributed by atoms with Crippen molar-refractivity contribution in [2.75, 3.05) is 0 Å². The van der Waals surface area contributed by atoms with Gasteiger partial charge in [0.1, 0.15) is 39.2 Å². The minimum absolute atomic E-state index is 0.0217. The van der Waals surface area contributed by atoms with Gasteiger partial charge in [-0.2, -0.15) is 0 Å². The Kier molecular flexibility index (Phi) is 4.64. The zero-order chi connectivity index (χ0) is 19.7. The maximum absolute atomic E-state index is 13.1. The summed E-state index contributed by atoms with van der Waals surface area (Å²) in [5.74, 6) is -1.94. The second-order valence-corrected chi connectivity index (χ2v) is 5.64. The van der Waals surface area contributed by atoms with E-state index in [1.165, 1.54) is 38.1 Å². The van der Waals surface area contributed by atoms with E-state index < -0.39 is 23.3 Å². The van der Waals surface area contributed by atoms with Crippen molar-refractivity contribution >= 4 is 39.8 Å². The lowest BCUT2D eigenvalue weighted by Crippen LogP contribution is -2.11. The van der Waals surface area contributed by atoms with Gasteiger partial charge in [0.25, 0.3) is 0 Å². The summed E-state index contributed by atoms with van der Waals surface area (Å²) in [4.78, 5) is 47.1. The first-order valence-corrected chi connectivity index (χ1v) is 7.85. The molecule has 0 aliphatic carbocycles. The van der Waals surface area contributed by atoms with Crippen LogP contribution in [0.2, 0.25) is 0 Å². The van der Waals surface area contributed by atoms with Gasteiger partial charge in [0, 0.05) is 32.9 Å². The van der Waals surface area contributed by atoms with Gasteiger partial charge in [0.2, 0.25) is 5.43 Å². The van der Waals surface area contributed by atoms with E-state index in [0.717, 1.165) is 6.92 Å². The Morgan fingerprint density at radius 1 is 0.778 bits per heavy atom. The molecule has 1 aromatic heterocycles. The monoisotopic (exact) mass is 370 g/mol. The molecule has 0 N–H and O–H groups in total. The summed E-state index contributed by atoms with van der Waals surface area (Å²) in [5, 5.41) is -0.0259. The van der Waals surface area contributed by atoms with Crippen LogP contribution in [0.15, 0.2) is 39.5 Å². The lowest BCUT2D eigenvalue weighted by molar-refractivity contribution is -0.132. The Hall–Kier alpha value is -3.68. The van der Waals surface area contributed by atoms with E-state index in [2.05, 4.69) is 0 Å². The minimum atomic E-state index is -0.677. The van der Waals surface area contributed by atoms with Gasteiger partial charge in [0.15, 0.2) is 0 Å². The molecule has 0 saturated carbocycles. The molecule has 8 heteroatoms. The van der Waals surface area contributed by atoms with Crippen LogP contribution in [0.4, 0.5) is 0 Å². The van der Waals surface area contributed by atoms with Crippen LogP contribution in [0.3, 0.4) is 0 Å². The Balaban J connectivity index is 2.39. The SMILES string of the molecule is CC(=O)Oc1cc(OC(C)=O)c2c(=O)c3c(OC(C)=O)cccc3oc2c1. The summed E-state index contributed by atoms with van der Waals surface area (Å²) < 4.78 is 20.9. The Morgan fingerprint density at radius 3 is 2.00 bits per heavy atom. The van der Waals surface area contributed by atoms with Crippen LogP contribution >= 0.6 is 0 Å². The Bertz CT molecular complexity index is 1160. The third-order valence-electron chi connectivity index (χ3n) is 3.47. The van der Waals surface area contributed by atoms with Gasteiger partial charge in [-0.3, -0.25) is 19.2 Å². The van der Waals surface area contributed by atoms with E-state index in [0.29, 0.717) is 0 Å². The third kappa shape index (κ3) is 3.64. The number of hydrogen-bond donors (Lipinski definition) is 0. The number of carbonyl (C=O) groups excluding carboxylic acids is 3. The molecular formula is C19H14O8. The van der Waals surface area contributed by atoms with Crippen molar-refractivity contribution < 1.29 is 33.0 Å². The number of hydrogen-bond acceptors (Lipinski definition) is 8. The molecule has 0 radical (unpaired) electrons. The summed E-state index contributed by atoms with van der Waals surface area (Å²) >= 11 is 0.